The Kier molecular flexibility index (Phi) is 2.62. The Morgan fingerprint density at radius 3 is 2.53 bits per heavy atom. The average molecular weight is 315 g/mol. The first kappa shape index (κ1) is 10.0. The quantitative estimate of drug-likeness (QED) is 0.811. The first-order valence-corrected chi connectivity index (χ1v) is 5.07. The van der Waals surface area contributed by atoms with Crippen molar-refractivity contribution in [2.24, 2.45) is 5.73 Å². The van der Waals surface area contributed by atoms with E-state index in [-0.39, 0.29) is 0 Å². The largest absolute Gasteiger partial charge is 0.366 e. The maximum absolute atomic E-state index is 10.8. The van der Waals surface area contributed by atoms with E-state index in [1.165, 1.54) is 17.1 Å². The molecule has 0 aliphatic carbocycles. The minimum absolute atomic E-state index is 0.331. The highest BCUT2D eigenvalue weighted by Crippen LogP contribution is 2.04. The van der Waals surface area contributed by atoms with E-state index in [4.69, 9.17) is 5.73 Å². The minimum Gasteiger partial charge on any atom is -0.366 e. The van der Waals surface area contributed by atoms with Crippen LogP contribution in [0.15, 0.2) is 24.8 Å². The number of halogens is 1. The summed E-state index contributed by atoms with van der Waals surface area (Å²) in [5.41, 5.74) is 5.43. The van der Waals surface area contributed by atoms with E-state index >= 15 is 0 Å². The summed E-state index contributed by atoms with van der Waals surface area (Å²) in [4.78, 5) is 18.9. The van der Waals surface area contributed by atoms with Crippen LogP contribution in [0.5, 0.6) is 0 Å². The van der Waals surface area contributed by atoms with Crippen molar-refractivity contribution in [1.82, 2.24) is 19.7 Å². The highest BCUT2D eigenvalue weighted by molar-refractivity contribution is 14.1. The van der Waals surface area contributed by atoms with E-state index in [0.717, 1.165) is 3.57 Å². The van der Waals surface area contributed by atoms with Gasteiger partial charge in [-0.1, -0.05) is 0 Å². The number of hydrogen-bond donors (Lipinski definition) is 1. The van der Waals surface area contributed by atoms with E-state index < -0.39 is 5.91 Å². The third-order valence-corrected chi connectivity index (χ3v) is 2.24. The molecule has 2 rings (SSSR count). The number of carbonyl (C=O) groups is 1. The van der Waals surface area contributed by atoms with Crippen LogP contribution in [0.2, 0.25) is 0 Å². The molecule has 0 bridgehead atoms. The van der Waals surface area contributed by atoms with Crippen LogP contribution >= 0.6 is 22.6 Å². The van der Waals surface area contributed by atoms with E-state index in [1.807, 2.05) is 0 Å². The molecule has 7 heteroatoms. The van der Waals surface area contributed by atoms with Crippen LogP contribution in [0.3, 0.4) is 0 Å². The fourth-order valence-corrected chi connectivity index (χ4v) is 1.26. The number of nitrogens with two attached hydrogens (primary N) is 1. The second-order valence-corrected chi connectivity index (χ2v) is 3.98. The average Bonchev–Trinajstić information content (AvgIpc) is 2.68. The lowest BCUT2D eigenvalue weighted by atomic mass is 10.4. The standard InChI is InChI=1S/C8H6IN5O/c9-6-2-11-8(12-3-6)14-4-5(1-13-14)7(10)15/h1-4H,(H2,10,15). The van der Waals surface area contributed by atoms with E-state index in [0.29, 0.717) is 11.5 Å². The SMILES string of the molecule is NC(=O)c1cnn(-c2ncc(I)cn2)c1. The third-order valence-electron chi connectivity index (χ3n) is 1.68. The summed E-state index contributed by atoms with van der Waals surface area (Å²) in [7, 11) is 0. The van der Waals surface area contributed by atoms with Crippen LogP contribution in [-0.2, 0) is 0 Å². The normalized spacial score (nSPS) is 10.2. The van der Waals surface area contributed by atoms with Crippen molar-refractivity contribution in [3.05, 3.63) is 33.9 Å². The summed E-state index contributed by atoms with van der Waals surface area (Å²) < 4.78 is 2.33. The number of hydrogen-bond acceptors (Lipinski definition) is 4. The summed E-state index contributed by atoms with van der Waals surface area (Å²) in [5, 5.41) is 3.93. The van der Waals surface area contributed by atoms with Crippen LogP contribution in [0.25, 0.3) is 5.95 Å². The molecule has 76 valence electrons. The molecular formula is C8H6IN5O. The van der Waals surface area contributed by atoms with Crippen LogP contribution < -0.4 is 5.73 Å². The number of carbonyl (C=O) groups excluding carboxylic acids is 1. The Bertz CT molecular complexity index is 492. The monoisotopic (exact) mass is 315 g/mol. The Balaban J connectivity index is 2.37. The molecule has 0 saturated carbocycles. The molecule has 0 fully saturated rings. The van der Waals surface area contributed by atoms with Crippen molar-refractivity contribution < 1.29 is 4.79 Å². The lowest BCUT2D eigenvalue weighted by molar-refractivity contribution is 0.100. The molecule has 0 spiro atoms. The lowest BCUT2D eigenvalue weighted by Crippen LogP contribution is -2.09. The fraction of sp³-hybridized carbons (Fsp3) is 0. The summed E-state index contributed by atoms with van der Waals surface area (Å²) in [6, 6.07) is 0. The zero-order chi connectivity index (χ0) is 10.8. The third kappa shape index (κ3) is 2.12. The number of nitrogens with zero attached hydrogens (tertiary/aromatic N) is 4. The van der Waals surface area contributed by atoms with Gasteiger partial charge in [-0.2, -0.15) is 5.10 Å². The summed E-state index contributed by atoms with van der Waals surface area (Å²) in [6.45, 7) is 0. The molecule has 0 unspecified atom stereocenters. The number of amides is 1. The summed E-state index contributed by atoms with van der Waals surface area (Å²) in [6.07, 6.45) is 6.19. The van der Waals surface area contributed by atoms with Crippen molar-refractivity contribution in [3.8, 4) is 5.95 Å². The van der Waals surface area contributed by atoms with Gasteiger partial charge in [0.15, 0.2) is 0 Å². The zero-order valence-electron chi connectivity index (χ0n) is 7.46. The minimum atomic E-state index is -0.522. The molecule has 0 aliphatic rings. The molecule has 2 aromatic heterocycles. The van der Waals surface area contributed by atoms with Crippen LogP contribution in [0.1, 0.15) is 10.4 Å². The van der Waals surface area contributed by atoms with Gasteiger partial charge in [0, 0.05) is 22.2 Å². The molecule has 2 heterocycles. The van der Waals surface area contributed by atoms with Crippen LogP contribution in [0.4, 0.5) is 0 Å². The predicted molar refractivity (Wildman–Crippen MR) is 60.4 cm³/mol. The van der Waals surface area contributed by atoms with Gasteiger partial charge < -0.3 is 5.73 Å². The Morgan fingerprint density at radius 1 is 1.33 bits per heavy atom. The first-order valence-electron chi connectivity index (χ1n) is 3.99. The molecule has 2 N–H and O–H groups in total. The van der Waals surface area contributed by atoms with Crippen molar-refractivity contribution >= 4 is 28.5 Å². The van der Waals surface area contributed by atoms with Gasteiger partial charge in [-0.15, -0.1) is 0 Å². The fourth-order valence-electron chi connectivity index (χ4n) is 0.983. The number of primary amides is 1. The smallest absolute Gasteiger partial charge is 0.251 e. The van der Waals surface area contributed by atoms with E-state index in [2.05, 4.69) is 37.7 Å². The van der Waals surface area contributed by atoms with Crippen molar-refractivity contribution in [2.75, 3.05) is 0 Å². The molecule has 0 aromatic carbocycles. The maximum atomic E-state index is 10.8. The molecule has 0 radical (unpaired) electrons. The predicted octanol–water partition coefficient (Wildman–Crippen LogP) is 0.366. The number of aromatic nitrogens is 4. The Hall–Kier alpha value is -1.51. The van der Waals surface area contributed by atoms with Crippen LogP contribution in [-0.4, -0.2) is 25.7 Å². The van der Waals surface area contributed by atoms with Gasteiger partial charge in [0.05, 0.1) is 11.8 Å². The highest BCUT2D eigenvalue weighted by atomic mass is 127. The van der Waals surface area contributed by atoms with Crippen molar-refractivity contribution in [1.29, 1.82) is 0 Å². The number of rotatable bonds is 2. The second kappa shape index (κ2) is 3.93. The molecule has 15 heavy (non-hydrogen) atoms. The van der Waals surface area contributed by atoms with E-state index in [1.54, 1.807) is 12.4 Å². The second-order valence-electron chi connectivity index (χ2n) is 2.74. The van der Waals surface area contributed by atoms with Gasteiger partial charge in [0.25, 0.3) is 11.9 Å². The Labute approximate surface area is 98.7 Å². The molecular weight excluding hydrogens is 309 g/mol. The maximum Gasteiger partial charge on any atom is 0.251 e. The molecule has 0 aliphatic heterocycles. The van der Waals surface area contributed by atoms with Gasteiger partial charge >= 0.3 is 0 Å². The lowest BCUT2D eigenvalue weighted by Gasteiger charge is -1.97. The zero-order valence-corrected chi connectivity index (χ0v) is 9.62. The molecule has 6 nitrogen and oxygen atoms in total. The van der Waals surface area contributed by atoms with E-state index in [9.17, 15) is 4.79 Å². The van der Waals surface area contributed by atoms with Gasteiger partial charge in [-0.05, 0) is 22.6 Å². The summed E-state index contributed by atoms with van der Waals surface area (Å²) in [5.74, 6) is -0.116. The molecule has 0 saturated heterocycles. The molecule has 2 aromatic rings. The first-order chi connectivity index (χ1) is 7.16. The van der Waals surface area contributed by atoms with Gasteiger partial charge in [-0.25, -0.2) is 14.6 Å². The van der Waals surface area contributed by atoms with Gasteiger partial charge in [0.1, 0.15) is 0 Å². The van der Waals surface area contributed by atoms with Gasteiger partial charge in [-0.3, -0.25) is 4.79 Å². The Morgan fingerprint density at radius 2 is 2.00 bits per heavy atom. The van der Waals surface area contributed by atoms with Crippen LogP contribution in [0, 0.1) is 3.57 Å². The highest BCUT2D eigenvalue weighted by Gasteiger charge is 2.06. The van der Waals surface area contributed by atoms with Gasteiger partial charge in [0.2, 0.25) is 0 Å². The van der Waals surface area contributed by atoms with Crippen molar-refractivity contribution in [2.45, 2.75) is 0 Å². The van der Waals surface area contributed by atoms with Crippen molar-refractivity contribution in [3.63, 3.8) is 0 Å². The topological polar surface area (TPSA) is 86.7 Å². The summed E-state index contributed by atoms with van der Waals surface area (Å²) >= 11 is 2.10. The molecule has 1 amide bonds. The molecule has 0 atom stereocenters.